The summed E-state index contributed by atoms with van der Waals surface area (Å²) in [6.07, 6.45) is 2.13. The highest BCUT2D eigenvalue weighted by molar-refractivity contribution is 6.21. The van der Waals surface area contributed by atoms with Crippen LogP contribution in [0.4, 0.5) is 4.79 Å². The first kappa shape index (κ1) is 21.3. The number of fused-ring (bicyclic) bond motifs is 1. The van der Waals surface area contributed by atoms with E-state index in [9.17, 15) is 14.4 Å². The van der Waals surface area contributed by atoms with Crippen LogP contribution in [0.5, 0.6) is 0 Å². The molecule has 1 aromatic carbocycles. The SMILES string of the molecule is CC(C)(C)OC(=O)N1CCC(COCCCN2C(=O)c3ccccc3C2=O)CC1. The first-order chi connectivity index (χ1) is 13.8. The van der Waals surface area contributed by atoms with E-state index < -0.39 is 5.60 Å². The lowest BCUT2D eigenvalue weighted by molar-refractivity contribution is 0.0112. The summed E-state index contributed by atoms with van der Waals surface area (Å²) in [6.45, 7) is 8.46. The maximum Gasteiger partial charge on any atom is 0.410 e. The van der Waals surface area contributed by atoms with Crippen LogP contribution in [0.15, 0.2) is 24.3 Å². The van der Waals surface area contributed by atoms with Crippen LogP contribution in [0, 0.1) is 5.92 Å². The fourth-order valence-electron chi connectivity index (χ4n) is 3.63. The third kappa shape index (κ3) is 5.35. The maximum atomic E-state index is 12.3. The lowest BCUT2D eigenvalue weighted by Crippen LogP contribution is -2.42. The zero-order valence-electron chi connectivity index (χ0n) is 17.5. The van der Waals surface area contributed by atoms with Crippen molar-refractivity contribution in [2.24, 2.45) is 5.92 Å². The molecule has 0 unspecified atom stereocenters. The average Bonchev–Trinajstić information content (AvgIpc) is 2.92. The molecule has 29 heavy (non-hydrogen) atoms. The summed E-state index contributed by atoms with van der Waals surface area (Å²) in [6, 6.07) is 6.92. The van der Waals surface area contributed by atoms with Crippen molar-refractivity contribution in [1.82, 2.24) is 9.80 Å². The molecule has 158 valence electrons. The van der Waals surface area contributed by atoms with Crippen LogP contribution in [0.25, 0.3) is 0 Å². The molecule has 0 spiro atoms. The van der Waals surface area contributed by atoms with Gasteiger partial charge in [0.2, 0.25) is 0 Å². The number of piperidine rings is 1. The smallest absolute Gasteiger partial charge is 0.410 e. The van der Waals surface area contributed by atoms with Gasteiger partial charge >= 0.3 is 6.09 Å². The summed E-state index contributed by atoms with van der Waals surface area (Å²) in [4.78, 5) is 39.8. The van der Waals surface area contributed by atoms with Gasteiger partial charge in [-0.05, 0) is 58.1 Å². The summed E-state index contributed by atoms with van der Waals surface area (Å²) in [5.41, 5.74) is 0.488. The number of imide groups is 1. The number of likely N-dealkylation sites (tertiary alicyclic amines) is 1. The van der Waals surface area contributed by atoms with Gasteiger partial charge in [-0.3, -0.25) is 14.5 Å². The predicted octanol–water partition coefficient (Wildman–Crippen LogP) is 3.34. The van der Waals surface area contributed by atoms with E-state index in [-0.39, 0.29) is 17.9 Å². The van der Waals surface area contributed by atoms with Crippen molar-refractivity contribution in [1.29, 1.82) is 0 Å². The highest BCUT2D eigenvalue weighted by atomic mass is 16.6. The van der Waals surface area contributed by atoms with Crippen LogP contribution in [0.2, 0.25) is 0 Å². The van der Waals surface area contributed by atoms with Crippen molar-refractivity contribution >= 4 is 17.9 Å². The molecule has 0 aliphatic carbocycles. The number of benzene rings is 1. The number of carbonyl (C=O) groups excluding carboxylic acids is 3. The van der Waals surface area contributed by atoms with Crippen LogP contribution in [-0.4, -0.2) is 66.2 Å². The molecule has 0 N–H and O–H groups in total. The van der Waals surface area contributed by atoms with Gasteiger partial charge in [0.15, 0.2) is 0 Å². The zero-order chi connectivity index (χ0) is 21.0. The minimum absolute atomic E-state index is 0.222. The van der Waals surface area contributed by atoms with E-state index in [2.05, 4.69) is 0 Å². The zero-order valence-corrected chi connectivity index (χ0v) is 17.5. The van der Waals surface area contributed by atoms with Gasteiger partial charge in [0.25, 0.3) is 11.8 Å². The predicted molar refractivity (Wildman–Crippen MR) is 108 cm³/mol. The quantitative estimate of drug-likeness (QED) is 0.539. The van der Waals surface area contributed by atoms with E-state index in [1.165, 1.54) is 4.90 Å². The van der Waals surface area contributed by atoms with Crippen molar-refractivity contribution in [3.05, 3.63) is 35.4 Å². The maximum absolute atomic E-state index is 12.3. The van der Waals surface area contributed by atoms with E-state index in [0.717, 1.165) is 12.8 Å². The second kappa shape index (κ2) is 8.95. The molecule has 3 rings (SSSR count). The minimum atomic E-state index is -0.476. The van der Waals surface area contributed by atoms with Crippen LogP contribution in [0.3, 0.4) is 0 Å². The summed E-state index contributed by atoms with van der Waals surface area (Å²) >= 11 is 0. The van der Waals surface area contributed by atoms with Gasteiger partial charge < -0.3 is 14.4 Å². The van der Waals surface area contributed by atoms with Gasteiger partial charge in [-0.1, -0.05) is 12.1 Å². The first-order valence-corrected chi connectivity index (χ1v) is 10.3. The molecule has 3 amide bonds. The number of carbonyl (C=O) groups is 3. The molecule has 2 aliphatic rings. The van der Waals surface area contributed by atoms with Gasteiger partial charge in [0.05, 0.1) is 11.1 Å². The number of ether oxygens (including phenoxy) is 2. The Labute approximate surface area is 171 Å². The molecule has 0 atom stereocenters. The summed E-state index contributed by atoms with van der Waals surface area (Å²) in [7, 11) is 0. The molecule has 7 heteroatoms. The molecule has 2 heterocycles. The molecule has 7 nitrogen and oxygen atoms in total. The summed E-state index contributed by atoms with van der Waals surface area (Å²) < 4.78 is 11.2. The molecule has 0 saturated carbocycles. The third-order valence-electron chi connectivity index (χ3n) is 5.17. The van der Waals surface area contributed by atoms with E-state index in [1.54, 1.807) is 29.2 Å². The van der Waals surface area contributed by atoms with E-state index >= 15 is 0 Å². The number of hydrogen-bond donors (Lipinski definition) is 0. The van der Waals surface area contributed by atoms with Gasteiger partial charge in [-0.2, -0.15) is 0 Å². The standard InChI is InChI=1S/C22H30N2O5/c1-22(2,3)29-21(27)23-12-9-16(10-13-23)15-28-14-6-11-24-19(25)17-7-4-5-8-18(17)20(24)26/h4-5,7-8,16H,6,9-15H2,1-3H3. The Morgan fingerprint density at radius 1 is 1.07 bits per heavy atom. The van der Waals surface area contributed by atoms with E-state index in [1.807, 2.05) is 20.8 Å². The minimum Gasteiger partial charge on any atom is -0.444 e. The molecule has 0 radical (unpaired) electrons. The first-order valence-electron chi connectivity index (χ1n) is 10.3. The Morgan fingerprint density at radius 3 is 2.21 bits per heavy atom. The summed E-state index contributed by atoms with van der Waals surface area (Å²) in [5.74, 6) is -0.0341. The Morgan fingerprint density at radius 2 is 1.66 bits per heavy atom. The largest absolute Gasteiger partial charge is 0.444 e. The number of nitrogens with zero attached hydrogens (tertiary/aromatic N) is 2. The van der Waals surface area contributed by atoms with E-state index in [0.29, 0.717) is 56.3 Å². The fourth-order valence-corrected chi connectivity index (χ4v) is 3.63. The fraction of sp³-hybridized carbons (Fsp3) is 0.591. The van der Waals surface area contributed by atoms with Crippen molar-refractivity contribution in [3.63, 3.8) is 0 Å². The number of hydrogen-bond acceptors (Lipinski definition) is 5. The van der Waals surface area contributed by atoms with Crippen LogP contribution < -0.4 is 0 Å². The molecule has 1 saturated heterocycles. The molecule has 1 aromatic rings. The normalized spacial score (nSPS) is 17.6. The topological polar surface area (TPSA) is 76.2 Å². The number of rotatable bonds is 6. The Balaban J connectivity index is 1.32. The molecule has 2 aliphatic heterocycles. The van der Waals surface area contributed by atoms with Gasteiger partial charge in [-0.25, -0.2) is 4.79 Å². The Kier molecular flexibility index (Phi) is 6.57. The Hall–Kier alpha value is -2.41. The van der Waals surface area contributed by atoms with Gasteiger partial charge in [-0.15, -0.1) is 0 Å². The van der Waals surface area contributed by atoms with Crippen LogP contribution >= 0.6 is 0 Å². The van der Waals surface area contributed by atoms with Gasteiger partial charge in [0, 0.05) is 32.8 Å². The van der Waals surface area contributed by atoms with Crippen LogP contribution in [-0.2, 0) is 9.47 Å². The van der Waals surface area contributed by atoms with Gasteiger partial charge in [0.1, 0.15) is 5.60 Å². The van der Waals surface area contributed by atoms with Crippen LogP contribution in [0.1, 0.15) is 60.7 Å². The third-order valence-corrected chi connectivity index (χ3v) is 5.17. The molecular weight excluding hydrogens is 372 g/mol. The highest BCUT2D eigenvalue weighted by Crippen LogP contribution is 2.23. The molecular formula is C22H30N2O5. The van der Waals surface area contributed by atoms with E-state index in [4.69, 9.17) is 9.47 Å². The highest BCUT2D eigenvalue weighted by Gasteiger charge is 2.34. The monoisotopic (exact) mass is 402 g/mol. The Bertz CT molecular complexity index is 728. The second-order valence-electron chi connectivity index (χ2n) is 8.65. The lowest BCUT2D eigenvalue weighted by atomic mass is 9.98. The van der Waals surface area contributed by atoms with Crippen molar-refractivity contribution < 1.29 is 23.9 Å². The molecule has 1 fully saturated rings. The lowest BCUT2D eigenvalue weighted by Gasteiger charge is -2.33. The second-order valence-corrected chi connectivity index (χ2v) is 8.65. The molecule has 0 aromatic heterocycles. The average molecular weight is 402 g/mol. The van der Waals surface area contributed by atoms with Crippen molar-refractivity contribution in [2.45, 2.75) is 45.6 Å². The molecule has 0 bridgehead atoms. The van der Waals surface area contributed by atoms with Crippen molar-refractivity contribution in [2.75, 3.05) is 32.8 Å². The summed E-state index contributed by atoms with van der Waals surface area (Å²) in [5, 5.41) is 0. The number of amides is 3. The van der Waals surface area contributed by atoms with Crippen molar-refractivity contribution in [3.8, 4) is 0 Å².